The number of carbonyl (C=O) groups is 1. The SMILES string of the molecule is CCCN(CC1CC1)C(=O)c1ccc(-c2ccnc3[nH]ccc23)s1. The smallest absolute Gasteiger partial charge is 0.263 e. The van der Waals surface area contributed by atoms with Crippen molar-refractivity contribution in [2.45, 2.75) is 26.2 Å². The molecule has 0 aromatic carbocycles. The normalized spacial score (nSPS) is 14.2. The quantitative estimate of drug-likeness (QED) is 0.716. The van der Waals surface area contributed by atoms with E-state index in [0.29, 0.717) is 0 Å². The third kappa shape index (κ3) is 2.96. The summed E-state index contributed by atoms with van der Waals surface area (Å²) in [7, 11) is 0. The van der Waals surface area contributed by atoms with Gasteiger partial charge in [0.25, 0.3) is 5.91 Å². The van der Waals surface area contributed by atoms with Crippen LogP contribution in [0.2, 0.25) is 0 Å². The maximum atomic E-state index is 12.9. The van der Waals surface area contributed by atoms with Gasteiger partial charge in [-0.3, -0.25) is 4.79 Å². The number of rotatable bonds is 6. The van der Waals surface area contributed by atoms with Gasteiger partial charge in [0.2, 0.25) is 0 Å². The van der Waals surface area contributed by atoms with Crippen molar-refractivity contribution in [1.82, 2.24) is 14.9 Å². The number of hydrogen-bond acceptors (Lipinski definition) is 3. The number of H-pyrrole nitrogens is 1. The molecule has 4 nitrogen and oxygen atoms in total. The molecule has 0 atom stereocenters. The molecule has 0 radical (unpaired) electrons. The van der Waals surface area contributed by atoms with Gasteiger partial charge in [0, 0.05) is 41.3 Å². The largest absolute Gasteiger partial charge is 0.346 e. The molecule has 0 aliphatic heterocycles. The molecule has 0 saturated heterocycles. The van der Waals surface area contributed by atoms with Gasteiger partial charge in [-0.2, -0.15) is 0 Å². The number of amides is 1. The van der Waals surface area contributed by atoms with Gasteiger partial charge in [0.05, 0.1) is 4.88 Å². The first-order chi connectivity index (χ1) is 11.8. The minimum Gasteiger partial charge on any atom is -0.346 e. The number of pyridine rings is 1. The predicted molar refractivity (Wildman–Crippen MR) is 98.3 cm³/mol. The van der Waals surface area contributed by atoms with Gasteiger partial charge in [0.15, 0.2) is 0 Å². The van der Waals surface area contributed by atoms with E-state index in [-0.39, 0.29) is 5.91 Å². The van der Waals surface area contributed by atoms with E-state index in [1.165, 1.54) is 12.8 Å². The van der Waals surface area contributed by atoms with Crippen LogP contribution in [-0.4, -0.2) is 33.9 Å². The highest BCUT2D eigenvalue weighted by atomic mass is 32.1. The molecule has 124 valence electrons. The summed E-state index contributed by atoms with van der Waals surface area (Å²) in [4.78, 5) is 24.3. The molecule has 1 amide bonds. The lowest BCUT2D eigenvalue weighted by molar-refractivity contribution is 0.0752. The van der Waals surface area contributed by atoms with Crippen molar-refractivity contribution in [2.24, 2.45) is 5.92 Å². The highest BCUT2D eigenvalue weighted by Gasteiger charge is 2.27. The Labute approximate surface area is 145 Å². The average Bonchev–Trinajstić information content (AvgIpc) is 3.10. The molecule has 1 N–H and O–H groups in total. The van der Waals surface area contributed by atoms with Gasteiger partial charge in [-0.05, 0) is 49.4 Å². The van der Waals surface area contributed by atoms with Crippen LogP contribution in [0.25, 0.3) is 21.5 Å². The highest BCUT2D eigenvalue weighted by molar-refractivity contribution is 7.17. The Balaban J connectivity index is 1.61. The fourth-order valence-electron chi connectivity index (χ4n) is 3.09. The number of nitrogens with zero attached hydrogens (tertiary/aromatic N) is 2. The lowest BCUT2D eigenvalue weighted by atomic mass is 10.1. The number of aromatic nitrogens is 2. The molecule has 3 aromatic rings. The van der Waals surface area contributed by atoms with E-state index >= 15 is 0 Å². The lowest BCUT2D eigenvalue weighted by Gasteiger charge is -2.21. The first kappa shape index (κ1) is 15.4. The van der Waals surface area contributed by atoms with Gasteiger partial charge in [0.1, 0.15) is 5.65 Å². The summed E-state index contributed by atoms with van der Waals surface area (Å²) in [6.45, 7) is 3.89. The number of nitrogens with one attached hydrogen (secondary N) is 1. The van der Waals surface area contributed by atoms with Crippen LogP contribution in [0.3, 0.4) is 0 Å². The zero-order valence-corrected chi connectivity index (χ0v) is 14.6. The van der Waals surface area contributed by atoms with Crippen molar-refractivity contribution in [2.75, 3.05) is 13.1 Å². The average molecular weight is 339 g/mol. The lowest BCUT2D eigenvalue weighted by Crippen LogP contribution is -2.33. The second-order valence-corrected chi connectivity index (χ2v) is 7.54. The summed E-state index contributed by atoms with van der Waals surface area (Å²) >= 11 is 1.58. The monoisotopic (exact) mass is 339 g/mol. The molecule has 0 unspecified atom stereocenters. The van der Waals surface area contributed by atoms with E-state index in [2.05, 4.69) is 23.0 Å². The number of hydrogen-bond donors (Lipinski definition) is 1. The Morgan fingerprint density at radius 1 is 1.33 bits per heavy atom. The molecule has 1 aliphatic rings. The molecular formula is C19H21N3OS. The van der Waals surface area contributed by atoms with E-state index in [4.69, 9.17) is 0 Å². The van der Waals surface area contributed by atoms with Gasteiger partial charge >= 0.3 is 0 Å². The van der Waals surface area contributed by atoms with Crippen molar-refractivity contribution >= 4 is 28.3 Å². The van der Waals surface area contributed by atoms with Crippen LogP contribution in [-0.2, 0) is 0 Å². The van der Waals surface area contributed by atoms with Crippen LogP contribution in [0.15, 0.2) is 36.7 Å². The zero-order chi connectivity index (χ0) is 16.5. The topological polar surface area (TPSA) is 49.0 Å². The summed E-state index contributed by atoms with van der Waals surface area (Å²) in [6, 6.07) is 8.08. The van der Waals surface area contributed by atoms with Crippen LogP contribution in [0, 0.1) is 5.92 Å². The maximum Gasteiger partial charge on any atom is 0.263 e. The van der Waals surface area contributed by atoms with Gasteiger partial charge in [-0.1, -0.05) is 6.92 Å². The number of aromatic amines is 1. The Hall–Kier alpha value is -2.14. The standard InChI is InChI=1S/C19H21N3OS/c1-2-11-22(12-13-3-4-13)19(23)17-6-5-16(24-17)14-7-9-20-18-15(14)8-10-21-18/h5-10,13H,2-4,11-12H2,1H3,(H,20,21). The summed E-state index contributed by atoms with van der Waals surface area (Å²) in [6.07, 6.45) is 7.26. The van der Waals surface area contributed by atoms with Gasteiger partial charge < -0.3 is 9.88 Å². The van der Waals surface area contributed by atoms with Crippen LogP contribution in [0.5, 0.6) is 0 Å². The number of thiophene rings is 1. The molecule has 0 spiro atoms. The molecule has 3 aromatic heterocycles. The molecule has 1 saturated carbocycles. The molecule has 24 heavy (non-hydrogen) atoms. The van der Waals surface area contributed by atoms with Crippen LogP contribution in [0.1, 0.15) is 35.9 Å². The Bertz CT molecular complexity index is 862. The maximum absolute atomic E-state index is 12.9. The highest BCUT2D eigenvalue weighted by Crippen LogP contribution is 2.34. The van der Waals surface area contributed by atoms with E-state index in [1.54, 1.807) is 11.3 Å². The molecule has 3 heterocycles. The van der Waals surface area contributed by atoms with Gasteiger partial charge in [-0.15, -0.1) is 11.3 Å². The number of fused-ring (bicyclic) bond motifs is 1. The Kier molecular flexibility index (Phi) is 4.10. The van der Waals surface area contributed by atoms with Crippen LogP contribution < -0.4 is 0 Å². The molecule has 4 rings (SSSR count). The van der Waals surface area contributed by atoms with Crippen LogP contribution >= 0.6 is 11.3 Å². The first-order valence-corrected chi connectivity index (χ1v) is 9.39. The second-order valence-electron chi connectivity index (χ2n) is 6.46. The summed E-state index contributed by atoms with van der Waals surface area (Å²) in [5.41, 5.74) is 2.02. The fraction of sp³-hybridized carbons (Fsp3) is 0.368. The van der Waals surface area contributed by atoms with Crippen molar-refractivity contribution < 1.29 is 4.79 Å². The third-order valence-electron chi connectivity index (χ3n) is 4.50. The van der Waals surface area contributed by atoms with Crippen molar-refractivity contribution in [3.63, 3.8) is 0 Å². The minimum absolute atomic E-state index is 0.180. The fourth-order valence-corrected chi connectivity index (χ4v) is 4.10. The van der Waals surface area contributed by atoms with Crippen LogP contribution in [0.4, 0.5) is 0 Å². The van der Waals surface area contributed by atoms with E-state index in [0.717, 1.165) is 51.8 Å². The minimum atomic E-state index is 0.180. The first-order valence-electron chi connectivity index (χ1n) is 8.58. The van der Waals surface area contributed by atoms with E-state index in [9.17, 15) is 4.79 Å². The van der Waals surface area contributed by atoms with Crippen molar-refractivity contribution in [1.29, 1.82) is 0 Å². The summed E-state index contributed by atoms with van der Waals surface area (Å²) in [5, 5.41) is 1.10. The molecule has 1 aliphatic carbocycles. The molecule has 5 heteroatoms. The molecular weight excluding hydrogens is 318 g/mol. The Morgan fingerprint density at radius 3 is 3.00 bits per heavy atom. The second kappa shape index (κ2) is 6.40. The summed E-state index contributed by atoms with van der Waals surface area (Å²) in [5.74, 6) is 0.902. The van der Waals surface area contributed by atoms with Crippen molar-refractivity contribution in [3.8, 4) is 10.4 Å². The molecule has 0 bridgehead atoms. The van der Waals surface area contributed by atoms with E-state index in [1.807, 2.05) is 35.5 Å². The molecule has 1 fully saturated rings. The van der Waals surface area contributed by atoms with E-state index < -0.39 is 0 Å². The van der Waals surface area contributed by atoms with Gasteiger partial charge in [-0.25, -0.2) is 4.98 Å². The van der Waals surface area contributed by atoms with Crippen molar-refractivity contribution in [3.05, 3.63) is 41.5 Å². The Morgan fingerprint density at radius 2 is 2.21 bits per heavy atom. The number of carbonyl (C=O) groups excluding carboxylic acids is 1. The zero-order valence-electron chi connectivity index (χ0n) is 13.8. The predicted octanol–water partition coefficient (Wildman–Crippen LogP) is 4.55. The third-order valence-corrected chi connectivity index (χ3v) is 5.61. The summed E-state index contributed by atoms with van der Waals surface area (Å²) < 4.78 is 0.